The topological polar surface area (TPSA) is 66.5 Å². The van der Waals surface area contributed by atoms with Crippen LogP contribution in [0.3, 0.4) is 0 Å². The summed E-state index contributed by atoms with van der Waals surface area (Å²) >= 11 is 0. The van der Waals surface area contributed by atoms with Gasteiger partial charge >= 0.3 is 0 Å². The van der Waals surface area contributed by atoms with Crippen LogP contribution in [0.2, 0.25) is 0 Å². The van der Waals surface area contributed by atoms with Gasteiger partial charge in [0.2, 0.25) is 15.9 Å². The average molecular weight is 376 g/mol. The lowest BCUT2D eigenvalue weighted by Gasteiger charge is -2.18. The van der Waals surface area contributed by atoms with E-state index in [-0.39, 0.29) is 16.6 Å². The SMILES string of the molecule is Cc1ccc(S(=O)(=O)NC2CCN(c3ccc(F)c(C)c3)C2=O)c(C)c1. The number of nitrogens with zero attached hydrogens (tertiary/aromatic N) is 1. The van der Waals surface area contributed by atoms with Crippen molar-refractivity contribution in [3.8, 4) is 0 Å². The number of carbonyl (C=O) groups excluding carboxylic acids is 1. The fourth-order valence-corrected chi connectivity index (χ4v) is 4.64. The number of benzene rings is 2. The third-order valence-corrected chi connectivity index (χ3v) is 6.21. The number of hydrogen-bond donors (Lipinski definition) is 1. The molecule has 138 valence electrons. The fraction of sp³-hybridized carbons (Fsp3) is 0.316. The molecule has 1 heterocycles. The molecule has 0 aliphatic carbocycles. The van der Waals surface area contributed by atoms with E-state index in [9.17, 15) is 17.6 Å². The maximum atomic E-state index is 13.4. The summed E-state index contributed by atoms with van der Waals surface area (Å²) in [6.07, 6.45) is 0.361. The zero-order chi connectivity index (χ0) is 19.1. The molecule has 2 aromatic carbocycles. The molecule has 1 N–H and O–H groups in total. The number of amides is 1. The Morgan fingerprint density at radius 1 is 1.08 bits per heavy atom. The number of anilines is 1. The van der Waals surface area contributed by atoms with Crippen molar-refractivity contribution in [1.82, 2.24) is 4.72 Å². The molecular formula is C19H21FN2O3S. The summed E-state index contributed by atoms with van der Waals surface area (Å²) in [7, 11) is -3.80. The van der Waals surface area contributed by atoms with E-state index >= 15 is 0 Å². The van der Waals surface area contributed by atoms with Gasteiger partial charge in [-0.2, -0.15) is 4.72 Å². The fourth-order valence-electron chi connectivity index (χ4n) is 3.19. The first-order valence-corrected chi connectivity index (χ1v) is 9.84. The number of carbonyl (C=O) groups is 1. The van der Waals surface area contributed by atoms with E-state index in [1.54, 1.807) is 38.1 Å². The molecule has 1 unspecified atom stereocenters. The first-order chi connectivity index (χ1) is 12.2. The van der Waals surface area contributed by atoms with Gasteiger partial charge in [0.25, 0.3) is 0 Å². The van der Waals surface area contributed by atoms with E-state index in [0.717, 1.165) is 5.56 Å². The second kappa shape index (κ2) is 6.81. The normalized spacial score (nSPS) is 17.8. The number of nitrogens with one attached hydrogen (secondary N) is 1. The maximum absolute atomic E-state index is 13.4. The third kappa shape index (κ3) is 3.50. The highest BCUT2D eigenvalue weighted by molar-refractivity contribution is 7.89. The monoisotopic (exact) mass is 376 g/mol. The number of halogens is 1. The second-order valence-electron chi connectivity index (χ2n) is 6.65. The van der Waals surface area contributed by atoms with Gasteiger partial charge in [0.1, 0.15) is 11.9 Å². The summed E-state index contributed by atoms with van der Waals surface area (Å²) in [6, 6.07) is 8.67. The van der Waals surface area contributed by atoms with E-state index < -0.39 is 16.1 Å². The van der Waals surface area contributed by atoms with Gasteiger partial charge < -0.3 is 4.90 Å². The van der Waals surface area contributed by atoms with Gasteiger partial charge in [-0.25, -0.2) is 12.8 Å². The molecule has 1 fully saturated rings. The predicted octanol–water partition coefficient (Wildman–Crippen LogP) is 2.83. The van der Waals surface area contributed by atoms with Gasteiger partial charge in [-0.05, 0) is 62.6 Å². The summed E-state index contributed by atoms with van der Waals surface area (Å²) in [4.78, 5) is 14.3. The van der Waals surface area contributed by atoms with Crippen molar-refractivity contribution in [3.63, 3.8) is 0 Å². The number of rotatable bonds is 4. The Hall–Kier alpha value is -2.25. The molecule has 2 aromatic rings. The maximum Gasteiger partial charge on any atom is 0.245 e. The lowest BCUT2D eigenvalue weighted by Crippen LogP contribution is -2.41. The molecule has 1 amide bonds. The van der Waals surface area contributed by atoms with Crippen LogP contribution >= 0.6 is 0 Å². The summed E-state index contributed by atoms with van der Waals surface area (Å²) in [5.41, 5.74) is 2.61. The Morgan fingerprint density at radius 3 is 2.46 bits per heavy atom. The molecule has 26 heavy (non-hydrogen) atoms. The highest BCUT2D eigenvalue weighted by Gasteiger charge is 2.36. The minimum Gasteiger partial charge on any atom is -0.311 e. The van der Waals surface area contributed by atoms with Gasteiger partial charge in [0.15, 0.2) is 0 Å². The smallest absolute Gasteiger partial charge is 0.245 e. The summed E-state index contributed by atoms with van der Waals surface area (Å²) < 4.78 is 41.3. The summed E-state index contributed by atoms with van der Waals surface area (Å²) in [5, 5.41) is 0. The zero-order valence-electron chi connectivity index (χ0n) is 14.9. The van der Waals surface area contributed by atoms with Crippen molar-refractivity contribution in [3.05, 3.63) is 58.9 Å². The van der Waals surface area contributed by atoms with Crippen LogP contribution in [0.4, 0.5) is 10.1 Å². The molecule has 7 heteroatoms. The van der Waals surface area contributed by atoms with Crippen LogP contribution < -0.4 is 9.62 Å². The van der Waals surface area contributed by atoms with Gasteiger partial charge in [0, 0.05) is 12.2 Å². The van der Waals surface area contributed by atoms with Gasteiger partial charge in [-0.15, -0.1) is 0 Å². The highest BCUT2D eigenvalue weighted by atomic mass is 32.2. The van der Waals surface area contributed by atoms with Crippen molar-refractivity contribution >= 4 is 21.6 Å². The molecular weight excluding hydrogens is 355 g/mol. The van der Waals surface area contributed by atoms with Crippen molar-refractivity contribution in [2.45, 2.75) is 38.1 Å². The third-order valence-electron chi connectivity index (χ3n) is 4.58. The van der Waals surface area contributed by atoms with Gasteiger partial charge in [-0.1, -0.05) is 17.7 Å². The lowest BCUT2D eigenvalue weighted by atomic mass is 10.2. The average Bonchev–Trinajstić information content (AvgIpc) is 2.90. The van der Waals surface area contributed by atoms with Crippen LogP contribution in [-0.2, 0) is 14.8 Å². The van der Waals surface area contributed by atoms with E-state index in [0.29, 0.717) is 29.8 Å². The van der Waals surface area contributed by atoms with Crippen LogP contribution in [-0.4, -0.2) is 26.9 Å². The Morgan fingerprint density at radius 2 is 1.81 bits per heavy atom. The molecule has 0 aromatic heterocycles. The number of sulfonamides is 1. The van der Waals surface area contributed by atoms with Crippen molar-refractivity contribution in [2.24, 2.45) is 0 Å². The quantitative estimate of drug-likeness (QED) is 0.892. The van der Waals surface area contributed by atoms with Crippen LogP contribution in [0.1, 0.15) is 23.1 Å². The minimum atomic E-state index is -3.80. The Bertz CT molecular complexity index is 973. The number of hydrogen-bond acceptors (Lipinski definition) is 3. The zero-order valence-corrected chi connectivity index (χ0v) is 15.7. The van der Waals surface area contributed by atoms with Crippen LogP contribution in [0.15, 0.2) is 41.3 Å². The van der Waals surface area contributed by atoms with Crippen molar-refractivity contribution in [2.75, 3.05) is 11.4 Å². The van der Waals surface area contributed by atoms with Crippen molar-refractivity contribution in [1.29, 1.82) is 0 Å². The van der Waals surface area contributed by atoms with Crippen molar-refractivity contribution < 1.29 is 17.6 Å². The molecule has 1 aliphatic rings. The largest absolute Gasteiger partial charge is 0.311 e. The van der Waals surface area contributed by atoms with E-state index in [1.807, 2.05) is 6.92 Å². The first kappa shape index (κ1) is 18.5. The molecule has 1 saturated heterocycles. The van der Waals surface area contributed by atoms with Crippen LogP contribution in [0.5, 0.6) is 0 Å². The van der Waals surface area contributed by atoms with E-state index in [2.05, 4.69) is 4.72 Å². The molecule has 0 spiro atoms. The minimum absolute atomic E-state index is 0.173. The molecule has 0 saturated carbocycles. The lowest BCUT2D eigenvalue weighted by molar-refractivity contribution is -0.118. The standard InChI is InChI=1S/C19H21FN2O3S/c1-12-4-7-18(14(3)10-12)26(24,25)21-17-8-9-22(19(17)23)15-5-6-16(20)13(2)11-15/h4-7,10-11,17,21H,8-9H2,1-3H3. The molecule has 0 bridgehead atoms. The van der Waals surface area contributed by atoms with Crippen LogP contribution in [0.25, 0.3) is 0 Å². The van der Waals surface area contributed by atoms with E-state index in [4.69, 9.17) is 0 Å². The Balaban J connectivity index is 1.81. The second-order valence-corrected chi connectivity index (χ2v) is 8.34. The predicted molar refractivity (Wildman–Crippen MR) is 98.1 cm³/mol. The Labute approximate surface area is 152 Å². The summed E-state index contributed by atoms with van der Waals surface area (Å²) in [6.45, 7) is 5.62. The molecule has 0 radical (unpaired) electrons. The van der Waals surface area contributed by atoms with Crippen LogP contribution in [0, 0.1) is 26.6 Å². The number of aryl methyl sites for hydroxylation is 3. The highest BCUT2D eigenvalue weighted by Crippen LogP contribution is 2.25. The Kier molecular flexibility index (Phi) is 4.86. The molecule has 1 aliphatic heterocycles. The summed E-state index contributed by atoms with van der Waals surface area (Å²) in [5.74, 6) is -0.670. The van der Waals surface area contributed by atoms with Gasteiger partial charge in [-0.3, -0.25) is 4.79 Å². The van der Waals surface area contributed by atoms with E-state index in [1.165, 1.54) is 17.0 Å². The molecule has 3 rings (SSSR count). The molecule has 1 atom stereocenters. The molecule has 5 nitrogen and oxygen atoms in total. The first-order valence-electron chi connectivity index (χ1n) is 8.36. The van der Waals surface area contributed by atoms with Gasteiger partial charge in [0.05, 0.1) is 4.90 Å².